The molecular formula is C10H15N3O2. The number of nitrogens with zero attached hydrogens (tertiary/aromatic N) is 2. The zero-order valence-electron chi connectivity index (χ0n) is 8.99. The van der Waals surface area contributed by atoms with Crippen LogP contribution in [0, 0.1) is 0 Å². The molecule has 1 aliphatic heterocycles. The Bertz CT molecular complexity index is 337. The van der Waals surface area contributed by atoms with Gasteiger partial charge in [0.05, 0.1) is 14.2 Å². The van der Waals surface area contributed by atoms with Crippen molar-refractivity contribution in [1.29, 1.82) is 0 Å². The van der Waals surface area contributed by atoms with Gasteiger partial charge in [-0.05, 0) is 19.4 Å². The van der Waals surface area contributed by atoms with E-state index in [1.165, 1.54) is 6.42 Å². The molecule has 1 N–H and O–H groups in total. The topological polar surface area (TPSA) is 56.3 Å². The van der Waals surface area contributed by atoms with Gasteiger partial charge in [-0.25, -0.2) is 0 Å². The molecule has 1 atom stereocenters. The summed E-state index contributed by atoms with van der Waals surface area (Å²) in [5, 5.41) is 11.2. The van der Waals surface area contributed by atoms with Crippen molar-refractivity contribution in [2.75, 3.05) is 20.8 Å². The van der Waals surface area contributed by atoms with Gasteiger partial charge in [0.25, 0.3) is 0 Å². The number of nitrogens with one attached hydrogen (secondary N) is 1. The van der Waals surface area contributed by atoms with E-state index in [1.807, 2.05) is 6.07 Å². The van der Waals surface area contributed by atoms with Gasteiger partial charge in [-0.2, -0.15) is 0 Å². The maximum absolute atomic E-state index is 5.19. The van der Waals surface area contributed by atoms with Crippen LogP contribution in [0.2, 0.25) is 0 Å². The van der Waals surface area contributed by atoms with Gasteiger partial charge >= 0.3 is 0 Å². The van der Waals surface area contributed by atoms with Crippen LogP contribution in [0.15, 0.2) is 6.07 Å². The van der Waals surface area contributed by atoms with Crippen molar-refractivity contribution >= 4 is 0 Å². The highest BCUT2D eigenvalue weighted by Crippen LogP contribution is 2.30. The lowest BCUT2D eigenvalue weighted by Gasteiger charge is -2.13. The highest BCUT2D eigenvalue weighted by molar-refractivity contribution is 5.32. The highest BCUT2D eigenvalue weighted by Gasteiger charge is 2.21. The Hall–Kier alpha value is -1.36. The molecule has 1 aliphatic rings. The molecule has 0 aromatic carbocycles. The van der Waals surface area contributed by atoms with Crippen molar-refractivity contribution in [2.24, 2.45) is 0 Å². The molecule has 5 nitrogen and oxygen atoms in total. The van der Waals surface area contributed by atoms with Crippen LogP contribution < -0.4 is 14.8 Å². The first kappa shape index (κ1) is 10.2. The minimum Gasteiger partial charge on any atom is -0.480 e. The van der Waals surface area contributed by atoms with Crippen molar-refractivity contribution in [1.82, 2.24) is 15.5 Å². The van der Waals surface area contributed by atoms with Crippen molar-refractivity contribution in [3.8, 4) is 11.8 Å². The van der Waals surface area contributed by atoms with E-state index in [0.717, 1.165) is 18.5 Å². The van der Waals surface area contributed by atoms with Crippen LogP contribution >= 0.6 is 0 Å². The zero-order chi connectivity index (χ0) is 10.7. The van der Waals surface area contributed by atoms with Crippen molar-refractivity contribution < 1.29 is 9.47 Å². The molecule has 0 saturated carbocycles. The third kappa shape index (κ3) is 2.02. The van der Waals surface area contributed by atoms with E-state index in [-0.39, 0.29) is 0 Å². The average Bonchev–Trinajstić information content (AvgIpc) is 2.81. The molecule has 1 aromatic heterocycles. The summed E-state index contributed by atoms with van der Waals surface area (Å²) < 4.78 is 10.2. The van der Waals surface area contributed by atoms with Gasteiger partial charge < -0.3 is 14.8 Å². The quantitative estimate of drug-likeness (QED) is 0.802. The van der Waals surface area contributed by atoms with Crippen LogP contribution in [0.3, 0.4) is 0 Å². The summed E-state index contributed by atoms with van der Waals surface area (Å²) in [6, 6.07) is 2.19. The SMILES string of the molecule is COc1cc(C2CCCN2)c(OC)nn1. The van der Waals surface area contributed by atoms with Crippen LogP contribution in [-0.4, -0.2) is 31.0 Å². The summed E-state index contributed by atoms with van der Waals surface area (Å²) in [6.45, 7) is 1.04. The number of hydrogen-bond acceptors (Lipinski definition) is 5. The van der Waals surface area contributed by atoms with E-state index >= 15 is 0 Å². The second kappa shape index (κ2) is 4.44. The molecule has 82 valence electrons. The molecule has 15 heavy (non-hydrogen) atoms. The van der Waals surface area contributed by atoms with Crippen LogP contribution in [0.4, 0.5) is 0 Å². The first-order valence-electron chi connectivity index (χ1n) is 5.04. The van der Waals surface area contributed by atoms with Gasteiger partial charge in [0.15, 0.2) is 0 Å². The van der Waals surface area contributed by atoms with Crippen LogP contribution in [0.25, 0.3) is 0 Å². The van der Waals surface area contributed by atoms with Gasteiger partial charge in [-0.15, -0.1) is 10.2 Å². The lowest BCUT2D eigenvalue weighted by Crippen LogP contribution is -2.15. The largest absolute Gasteiger partial charge is 0.480 e. The summed E-state index contributed by atoms with van der Waals surface area (Å²) in [6.07, 6.45) is 2.28. The van der Waals surface area contributed by atoms with Crippen LogP contribution in [-0.2, 0) is 0 Å². The second-order valence-electron chi connectivity index (χ2n) is 3.50. The molecule has 1 fully saturated rings. The van der Waals surface area contributed by atoms with E-state index in [4.69, 9.17) is 9.47 Å². The summed E-state index contributed by atoms with van der Waals surface area (Å²) in [5.74, 6) is 1.11. The first-order valence-corrected chi connectivity index (χ1v) is 5.04. The predicted molar refractivity (Wildman–Crippen MR) is 55.1 cm³/mol. The van der Waals surface area contributed by atoms with Gasteiger partial charge in [-0.1, -0.05) is 0 Å². The normalized spacial score (nSPS) is 20.3. The molecule has 5 heteroatoms. The monoisotopic (exact) mass is 209 g/mol. The lowest BCUT2D eigenvalue weighted by molar-refractivity contribution is 0.358. The standard InChI is InChI=1S/C10H15N3O2/c1-14-9-6-7(8-4-3-5-11-8)10(15-2)13-12-9/h6,8,11H,3-5H2,1-2H3. The van der Waals surface area contributed by atoms with Gasteiger partial charge in [0.2, 0.25) is 11.8 Å². The van der Waals surface area contributed by atoms with E-state index in [0.29, 0.717) is 17.8 Å². The Labute approximate surface area is 88.8 Å². The molecule has 0 amide bonds. The Balaban J connectivity index is 2.32. The zero-order valence-corrected chi connectivity index (χ0v) is 8.99. The molecule has 1 aromatic rings. The molecule has 0 bridgehead atoms. The molecule has 1 unspecified atom stereocenters. The summed E-state index contributed by atoms with van der Waals surface area (Å²) >= 11 is 0. The fourth-order valence-corrected chi connectivity index (χ4v) is 1.83. The molecule has 0 radical (unpaired) electrons. The molecule has 2 rings (SSSR count). The molecular weight excluding hydrogens is 194 g/mol. The maximum atomic E-state index is 5.19. The highest BCUT2D eigenvalue weighted by atomic mass is 16.5. The molecule has 1 saturated heterocycles. The Kier molecular flexibility index (Phi) is 3.01. The lowest BCUT2D eigenvalue weighted by atomic mass is 10.1. The predicted octanol–water partition coefficient (Wildman–Crippen LogP) is 0.918. The van der Waals surface area contributed by atoms with Gasteiger partial charge in [0.1, 0.15) is 0 Å². The molecule has 0 aliphatic carbocycles. The Morgan fingerprint density at radius 3 is 2.80 bits per heavy atom. The maximum Gasteiger partial charge on any atom is 0.238 e. The minimum absolute atomic E-state index is 0.310. The second-order valence-corrected chi connectivity index (χ2v) is 3.50. The molecule has 0 spiro atoms. The van der Waals surface area contributed by atoms with Gasteiger partial charge in [-0.3, -0.25) is 0 Å². The fourth-order valence-electron chi connectivity index (χ4n) is 1.83. The average molecular weight is 209 g/mol. The van der Waals surface area contributed by atoms with E-state index in [9.17, 15) is 0 Å². The van der Waals surface area contributed by atoms with Gasteiger partial charge in [0, 0.05) is 17.7 Å². The Morgan fingerprint density at radius 2 is 2.20 bits per heavy atom. The smallest absolute Gasteiger partial charge is 0.238 e. The minimum atomic E-state index is 0.310. The third-order valence-corrected chi connectivity index (χ3v) is 2.60. The summed E-state index contributed by atoms with van der Waals surface area (Å²) in [5.41, 5.74) is 1.03. The summed E-state index contributed by atoms with van der Waals surface area (Å²) in [7, 11) is 3.19. The molecule has 2 heterocycles. The van der Waals surface area contributed by atoms with Crippen molar-refractivity contribution in [3.63, 3.8) is 0 Å². The number of hydrogen-bond donors (Lipinski definition) is 1. The van der Waals surface area contributed by atoms with E-state index in [1.54, 1.807) is 14.2 Å². The Morgan fingerprint density at radius 1 is 1.33 bits per heavy atom. The van der Waals surface area contributed by atoms with Crippen molar-refractivity contribution in [2.45, 2.75) is 18.9 Å². The summed E-state index contributed by atoms with van der Waals surface area (Å²) in [4.78, 5) is 0. The van der Waals surface area contributed by atoms with Crippen molar-refractivity contribution in [3.05, 3.63) is 11.6 Å². The number of aromatic nitrogens is 2. The van der Waals surface area contributed by atoms with E-state index in [2.05, 4.69) is 15.5 Å². The van der Waals surface area contributed by atoms with Crippen LogP contribution in [0.1, 0.15) is 24.4 Å². The first-order chi connectivity index (χ1) is 7.35. The fraction of sp³-hybridized carbons (Fsp3) is 0.600. The number of ether oxygens (including phenoxy) is 2. The third-order valence-electron chi connectivity index (χ3n) is 2.60. The number of rotatable bonds is 3. The van der Waals surface area contributed by atoms with E-state index < -0.39 is 0 Å². The number of methoxy groups -OCH3 is 2. The van der Waals surface area contributed by atoms with Crippen LogP contribution in [0.5, 0.6) is 11.8 Å².